The van der Waals surface area contributed by atoms with E-state index >= 15 is 0 Å². The second kappa shape index (κ2) is 9.81. The largest absolute Gasteiger partial charge is 0.379 e. The molecule has 9 heteroatoms. The van der Waals surface area contributed by atoms with E-state index in [1.54, 1.807) is 0 Å². The fraction of sp³-hybridized carbons (Fsp3) is 0.391. The Morgan fingerprint density at radius 2 is 1.69 bits per heavy atom. The van der Waals surface area contributed by atoms with Crippen LogP contribution >= 0.6 is 0 Å². The van der Waals surface area contributed by atoms with Crippen LogP contribution < -0.4 is 10.9 Å². The number of hydrazine groups is 1. The minimum Gasteiger partial charge on any atom is -0.379 e. The lowest BCUT2D eigenvalue weighted by Gasteiger charge is -2.26. The number of benzene rings is 2. The molecule has 2 N–H and O–H groups in total. The molecule has 32 heavy (non-hydrogen) atoms. The molecule has 2 amide bonds. The predicted octanol–water partition coefficient (Wildman–Crippen LogP) is 1.59. The SMILES string of the molecule is O=C(Cc1ccc2c(c1)CCCC2)NNC(=O)c1cccc(S(=O)(=O)N2CCOCC2)c1. The molecule has 4 rings (SSSR count). The molecule has 0 radical (unpaired) electrons. The summed E-state index contributed by atoms with van der Waals surface area (Å²) in [7, 11) is -3.71. The molecule has 2 aromatic rings. The van der Waals surface area contributed by atoms with Gasteiger partial charge in [-0.2, -0.15) is 4.31 Å². The number of nitrogens with zero attached hydrogens (tertiary/aromatic N) is 1. The number of hydrogen-bond donors (Lipinski definition) is 2. The maximum atomic E-state index is 12.8. The molecule has 0 saturated carbocycles. The van der Waals surface area contributed by atoms with Crippen LogP contribution in [0.5, 0.6) is 0 Å². The maximum absolute atomic E-state index is 12.8. The number of amides is 2. The highest BCUT2D eigenvalue weighted by Gasteiger charge is 2.27. The monoisotopic (exact) mass is 457 g/mol. The molecule has 1 heterocycles. The normalized spacial score (nSPS) is 16.8. The number of fused-ring (bicyclic) bond motifs is 1. The summed E-state index contributed by atoms with van der Waals surface area (Å²) >= 11 is 0. The summed E-state index contributed by atoms with van der Waals surface area (Å²) in [4.78, 5) is 24.8. The number of carbonyl (C=O) groups excluding carboxylic acids is 2. The van der Waals surface area contributed by atoms with Gasteiger partial charge < -0.3 is 4.74 Å². The molecule has 0 bridgehead atoms. The van der Waals surface area contributed by atoms with Crippen molar-refractivity contribution in [1.82, 2.24) is 15.2 Å². The Bertz CT molecular complexity index is 1110. The first-order valence-electron chi connectivity index (χ1n) is 10.8. The van der Waals surface area contributed by atoms with E-state index < -0.39 is 15.9 Å². The number of rotatable bonds is 5. The van der Waals surface area contributed by atoms with E-state index in [0.29, 0.717) is 13.2 Å². The second-order valence-corrected chi connectivity index (χ2v) is 9.97. The zero-order valence-electron chi connectivity index (χ0n) is 17.8. The van der Waals surface area contributed by atoms with Crippen molar-refractivity contribution in [3.05, 3.63) is 64.7 Å². The van der Waals surface area contributed by atoms with Crippen molar-refractivity contribution >= 4 is 21.8 Å². The fourth-order valence-corrected chi connectivity index (χ4v) is 5.51. The summed E-state index contributed by atoms with van der Waals surface area (Å²) in [6.45, 7) is 1.24. The minimum atomic E-state index is -3.71. The second-order valence-electron chi connectivity index (χ2n) is 8.03. The number of morpholine rings is 1. The molecule has 1 fully saturated rings. The van der Waals surface area contributed by atoms with Crippen LogP contribution in [0.4, 0.5) is 0 Å². The lowest BCUT2D eigenvalue weighted by Crippen LogP contribution is -2.42. The lowest BCUT2D eigenvalue weighted by molar-refractivity contribution is -0.121. The van der Waals surface area contributed by atoms with Gasteiger partial charge in [-0.1, -0.05) is 24.3 Å². The summed E-state index contributed by atoms with van der Waals surface area (Å²) in [6, 6.07) is 11.9. The molecular formula is C23H27N3O5S. The molecule has 2 aliphatic rings. The van der Waals surface area contributed by atoms with Crippen LogP contribution in [0.3, 0.4) is 0 Å². The number of nitrogens with one attached hydrogen (secondary N) is 2. The molecule has 1 saturated heterocycles. The number of sulfonamides is 1. The summed E-state index contributed by atoms with van der Waals surface area (Å²) in [5.74, 6) is -0.922. The first kappa shape index (κ1) is 22.4. The third-order valence-electron chi connectivity index (χ3n) is 5.80. The van der Waals surface area contributed by atoms with Crippen molar-refractivity contribution in [3.8, 4) is 0 Å². The summed E-state index contributed by atoms with van der Waals surface area (Å²) in [5, 5.41) is 0. The Kier molecular flexibility index (Phi) is 6.88. The summed E-state index contributed by atoms with van der Waals surface area (Å²) in [6.07, 6.45) is 4.63. The van der Waals surface area contributed by atoms with Gasteiger partial charge in [-0.15, -0.1) is 0 Å². The van der Waals surface area contributed by atoms with Crippen LogP contribution in [0.15, 0.2) is 47.4 Å². The molecule has 1 aliphatic carbocycles. The molecule has 170 valence electrons. The van der Waals surface area contributed by atoms with E-state index in [0.717, 1.165) is 18.4 Å². The van der Waals surface area contributed by atoms with Crippen molar-refractivity contribution in [2.24, 2.45) is 0 Å². The van der Waals surface area contributed by atoms with Crippen LogP contribution in [0, 0.1) is 0 Å². The Hall–Kier alpha value is -2.75. The van der Waals surface area contributed by atoms with E-state index in [-0.39, 0.29) is 35.9 Å². The number of ether oxygens (including phenoxy) is 1. The topological polar surface area (TPSA) is 105 Å². The Balaban J connectivity index is 1.36. The van der Waals surface area contributed by atoms with Crippen molar-refractivity contribution in [2.75, 3.05) is 26.3 Å². The Morgan fingerprint density at radius 3 is 2.47 bits per heavy atom. The van der Waals surface area contributed by atoms with Crippen molar-refractivity contribution in [1.29, 1.82) is 0 Å². The minimum absolute atomic E-state index is 0.0347. The van der Waals surface area contributed by atoms with Gasteiger partial charge in [-0.25, -0.2) is 8.42 Å². The van der Waals surface area contributed by atoms with E-state index in [9.17, 15) is 18.0 Å². The third kappa shape index (κ3) is 5.17. The van der Waals surface area contributed by atoms with Crippen LogP contribution in [0.1, 0.15) is 39.9 Å². The van der Waals surface area contributed by atoms with E-state index in [1.807, 2.05) is 6.07 Å². The average Bonchev–Trinajstić information content (AvgIpc) is 2.83. The van der Waals surface area contributed by atoms with Crippen LogP contribution in [0.2, 0.25) is 0 Å². The molecule has 0 unspecified atom stereocenters. The third-order valence-corrected chi connectivity index (χ3v) is 7.69. The molecular weight excluding hydrogens is 430 g/mol. The van der Waals surface area contributed by atoms with Gasteiger partial charge in [0.05, 0.1) is 24.5 Å². The maximum Gasteiger partial charge on any atom is 0.269 e. The summed E-state index contributed by atoms with van der Waals surface area (Å²) in [5.41, 5.74) is 8.48. The zero-order chi connectivity index (χ0) is 22.6. The van der Waals surface area contributed by atoms with Crippen LogP contribution in [-0.2, 0) is 38.8 Å². The molecule has 0 aromatic heterocycles. The van der Waals surface area contributed by atoms with E-state index in [4.69, 9.17) is 4.74 Å². The molecule has 2 aromatic carbocycles. The average molecular weight is 458 g/mol. The molecule has 0 atom stereocenters. The van der Waals surface area contributed by atoms with Gasteiger partial charge in [-0.3, -0.25) is 20.4 Å². The number of carbonyl (C=O) groups is 2. The van der Waals surface area contributed by atoms with Crippen molar-refractivity contribution < 1.29 is 22.7 Å². The number of hydrogen-bond acceptors (Lipinski definition) is 5. The molecule has 8 nitrogen and oxygen atoms in total. The molecule has 0 spiro atoms. The van der Waals surface area contributed by atoms with Crippen LogP contribution in [0.25, 0.3) is 0 Å². The lowest BCUT2D eigenvalue weighted by atomic mass is 9.90. The standard InChI is InChI=1S/C23H27N3O5S/c27-22(15-17-8-9-18-4-1-2-5-19(18)14-17)24-25-23(28)20-6-3-7-21(16-20)32(29,30)26-10-12-31-13-11-26/h3,6-9,14,16H,1-2,4-5,10-13,15H2,(H,24,27)(H,25,28). The number of aryl methyl sites for hydroxylation is 2. The van der Waals surface area contributed by atoms with Gasteiger partial charge in [-0.05, 0) is 60.6 Å². The van der Waals surface area contributed by atoms with Gasteiger partial charge in [0.15, 0.2) is 0 Å². The van der Waals surface area contributed by atoms with Crippen molar-refractivity contribution in [2.45, 2.75) is 37.0 Å². The first-order chi connectivity index (χ1) is 15.4. The zero-order valence-corrected chi connectivity index (χ0v) is 18.6. The first-order valence-corrected chi connectivity index (χ1v) is 12.3. The quantitative estimate of drug-likeness (QED) is 0.664. The van der Waals surface area contributed by atoms with Gasteiger partial charge in [0, 0.05) is 18.7 Å². The highest BCUT2D eigenvalue weighted by Crippen LogP contribution is 2.22. The predicted molar refractivity (Wildman–Crippen MR) is 118 cm³/mol. The van der Waals surface area contributed by atoms with Gasteiger partial charge in [0.1, 0.15) is 0 Å². The van der Waals surface area contributed by atoms with Gasteiger partial charge in [0.2, 0.25) is 15.9 Å². The van der Waals surface area contributed by atoms with Gasteiger partial charge in [0.25, 0.3) is 5.91 Å². The smallest absolute Gasteiger partial charge is 0.269 e. The van der Waals surface area contributed by atoms with Crippen molar-refractivity contribution in [3.63, 3.8) is 0 Å². The van der Waals surface area contributed by atoms with E-state index in [2.05, 4.69) is 23.0 Å². The summed E-state index contributed by atoms with van der Waals surface area (Å²) < 4.78 is 32.2. The fourth-order valence-electron chi connectivity index (χ4n) is 4.06. The highest BCUT2D eigenvalue weighted by molar-refractivity contribution is 7.89. The van der Waals surface area contributed by atoms with E-state index in [1.165, 1.54) is 52.5 Å². The Labute approximate surface area is 188 Å². The molecule has 1 aliphatic heterocycles. The van der Waals surface area contributed by atoms with Crippen LogP contribution in [-0.4, -0.2) is 50.8 Å². The van der Waals surface area contributed by atoms with Gasteiger partial charge >= 0.3 is 0 Å². The highest BCUT2D eigenvalue weighted by atomic mass is 32.2. The Morgan fingerprint density at radius 1 is 0.938 bits per heavy atom.